The van der Waals surface area contributed by atoms with Crippen molar-refractivity contribution in [1.82, 2.24) is 15.3 Å². The Labute approximate surface area is 118 Å². The van der Waals surface area contributed by atoms with Crippen LogP contribution >= 0.6 is 0 Å². The van der Waals surface area contributed by atoms with Gasteiger partial charge >= 0.3 is 0 Å². The maximum absolute atomic E-state index is 5.29. The number of methoxy groups -OCH3 is 1. The number of aromatic nitrogens is 2. The van der Waals surface area contributed by atoms with Crippen molar-refractivity contribution in [3.05, 3.63) is 48.5 Å². The number of nitrogens with one attached hydrogen (secondary N) is 1. The number of rotatable bonds is 3. The fourth-order valence-corrected chi connectivity index (χ4v) is 2.46. The molecule has 104 valence electrons. The van der Waals surface area contributed by atoms with Crippen molar-refractivity contribution in [1.29, 1.82) is 0 Å². The van der Waals surface area contributed by atoms with Gasteiger partial charge < -0.3 is 15.0 Å². The van der Waals surface area contributed by atoms with Crippen molar-refractivity contribution >= 4 is 5.69 Å². The zero-order valence-corrected chi connectivity index (χ0v) is 11.5. The molecule has 1 atom stereocenters. The van der Waals surface area contributed by atoms with Gasteiger partial charge in [0, 0.05) is 43.8 Å². The van der Waals surface area contributed by atoms with E-state index in [9.17, 15) is 0 Å². The summed E-state index contributed by atoms with van der Waals surface area (Å²) in [5.74, 6) is 1.73. The van der Waals surface area contributed by atoms with E-state index in [1.165, 1.54) is 5.69 Å². The van der Waals surface area contributed by atoms with E-state index in [4.69, 9.17) is 4.74 Å². The Balaban J connectivity index is 1.78. The molecule has 1 aromatic carbocycles. The molecule has 1 aliphatic rings. The minimum absolute atomic E-state index is 0.163. The lowest BCUT2D eigenvalue weighted by Crippen LogP contribution is -2.46. The zero-order valence-electron chi connectivity index (χ0n) is 11.5. The van der Waals surface area contributed by atoms with Crippen LogP contribution in [-0.2, 0) is 0 Å². The first-order valence-electron chi connectivity index (χ1n) is 6.76. The highest BCUT2D eigenvalue weighted by atomic mass is 16.5. The number of hydrogen-bond donors (Lipinski definition) is 1. The Morgan fingerprint density at radius 3 is 2.90 bits per heavy atom. The van der Waals surface area contributed by atoms with Crippen LogP contribution in [0.4, 0.5) is 5.69 Å². The van der Waals surface area contributed by atoms with E-state index >= 15 is 0 Å². The SMILES string of the molecule is COc1cccc(N2CCNC(c3ncccn3)C2)c1. The van der Waals surface area contributed by atoms with Crippen LogP contribution in [-0.4, -0.2) is 36.7 Å². The van der Waals surface area contributed by atoms with Crippen molar-refractivity contribution in [2.75, 3.05) is 31.6 Å². The maximum atomic E-state index is 5.29. The molecule has 2 aromatic rings. The van der Waals surface area contributed by atoms with Crippen molar-refractivity contribution < 1.29 is 4.74 Å². The van der Waals surface area contributed by atoms with Crippen molar-refractivity contribution in [2.45, 2.75) is 6.04 Å². The van der Waals surface area contributed by atoms with Crippen LogP contribution in [0.2, 0.25) is 0 Å². The van der Waals surface area contributed by atoms with E-state index in [1.807, 2.05) is 18.2 Å². The Morgan fingerprint density at radius 1 is 1.25 bits per heavy atom. The largest absolute Gasteiger partial charge is 0.497 e. The van der Waals surface area contributed by atoms with Crippen LogP contribution in [0.1, 0.15) is 11.9 Å². The highest BCUT2D eigenvalue weighted by molar-refractivity contribution is 5.51. The topological polar surface area (TPSA) is 50.3 Å². The summed E-state index contributed by atoms with van der Waals surface area (Å²) in [6, 6.07) is 10.2. The molecule has 0 aliphatic carbocycles. The van der Waals surface area contributed by atoms with Gasteiger partial charge in [-0.15, -0.1) is 0 Å². The average molecular weight is 270 g/mol. The van der Waals surface area contributed by atoms with Gasteiger partial charge in [-0.2, -0.15) is 0 Å². The Kier molecular flexibility index (Phi) is 3.78. The smallest absolute Gasteiger partial charge is 0.146 e. The van der Waals surface area contributed by atoms with Gasteiger partial charge in [0.1, 0.15) is 11.6 Å². The van der Waals surface area contributed by atoms with E-state index in [1.54, 1.807) is 19.5 Å². The summed E-state index contributed by atoms with van der Waals surface area (Å²) >= 11 is 0. The fraction of sp³-hybridized carbons (Fsp3) is 0.333. The molecule has 5 heteroatoms. The summed E-state index contributed by atoms with van der Waals surface area (Å²) in [5.41, 5.74) is 1.17. The van der Waals surface area contributed by atoms with E-state index in [0.29, 0.717) is 0 Å². The van der Waals surface area contributed by atoms with Crippen LogP contribution in [0.25, 0.3) is 0 Å². The molecule has 2 heterocycles. The molecule has 0 saturated carbocycles. The van der Waals surface area contributed by atoms with Crippen molar-refractivity contribution in [3.8, 4) is 5.75 Å². The minimum atomic E-state index is 0.163. The molecule has 5 nitrogen and oxygen atoms in total. The van der Waals surface area contributed by atoms with Crippen molar-refractivity contribution in [3.63, 3.8) is 0 Å². The molecule has 0 bridgehead atoms. The van der Waals surface area contributed by atoms with E-state index in [2.05, 4.69) is 32.3 Å². The summed E-state index contributed by atoms with van der Waals surface area (Å²) in [4.78, 5) is 11.0. The summed E-state index contributed by atoms with van der Waals surface area (Å²) < 4.78 is 5.29. The van der Waals surface area contributed by atoms with E-state index < -0.39 is 0 Å². The average Bonchev–Trinajstić information content (AvgIpc) is 2.56. The van der Waals surface area contributed by atoms with Gasteiger partial charge in [-0.3, -0.25) is 0 Å². The molecule has 1 aromatic heterocycles. The van der Waals surface area contributed by atoms with Gasteiger partial charge in [0.15, 0.2) is 0 Å². The predicted octanol–water partition coefficient (Wildman–Crippen LogP) is 1.64. The molecule has 0 amide bonds. The highest BCUT2D eigenvalue weighted by Crippen LogP contribution is 2.24. The molecule has 20 heavy (non-hydrogen) atoms. The van der Waals surface area contributed by atoms with Gasteiger partial charge in [0.25, 0.3) is 0 Å². The first kappa shape index (κ1) is 12.9. The number of anilines is 1. The normalized spacial score (nSPS) is 18.9. The lowest BCUT2D eigenvalue weighted by Gasteiger charge is -2.34. The lowest BCUT2D eigenvalue weighted by molar-refractivity contribution is 0.414. The van der Waals surface area contributed by atoms with Gasteiger partial charge in [0.05, 0.1) is 13.2 Å². The van der Waals surface area contributed by atoms with Crippen LogP contribution < -0.4 is 15.0 Å². The summed E-state index contributed by atoms with van der Waals surface area (Å²) in [7, 11) is 1.69. The first-order valence-corrected chi connectivity index (χ1v) is 6.76. The molecule has 1 fully saturated rings. The standard InChI is InChI=1S/C15H18N4O/c1-20-13-5-2-4-12(10-13)19-9-8-16-14(11-19)15-17-6-3-7-18-15/h2-7,10,14,16H,8-9,11H2,1H3. The molecule has 1 saturated heterocycles. The third-order valence-electron chi connectivity index (χ3n) is 3.49. The third kappa shape index (κ3) is 2.72. The van der Waals surface area contributed by atoms with Gasteiger partial charge in [-0.25, -0.2) is 9.97 Å². The minimum Gasteiger partial charge on any atom is -0.497 e. The number of piperazine rings is 1. The Hall–Kier alpha value is -2.14. The molecule has 1 N–H and O–H groups in total. The monoisotopic (exact) mass is 270 g/mol. The lowest BCUT2D eigenvalue weighted by atomic mass is 10.1. The quantitative estimate of drug-likeness (QED) is 0.918. The fourth-order valence-electron chi connectivity index (χ4n) is 2.46. The second-order valence-corrected chi connectivity index (χ2v) is 4.76. The number of hydrogen-bond acceptors (Lipinski definition) is 5. The molecule has 0 radical (unpaired) electrons. The Bertz CT molecular complexity index is 561. The third-order valence-corrected chi connectivity index (χ3v) is 3.49. The second-order valence-electron chi connectivity index (χ2n) is 4.76. The predicted molar refractivity (Wildman–Crippen MR) is 78.0 cm³/mol. The second kappa shape index (κ2) is 5.88. The van der Waals surface area contributed by atoms with Gasteiger partial charge in [0.2, 0.25) is 0 Å². The maximum Gasteiger partial charge on any atom is 0.146 e. The highest BCUT2D eigenvalue weighted by Gasteiger charge is 2.22. The van der Waals surface area contributed by atoms with Crippen molar-refractivity contribution in [2.24, 2.45) is 0 Å². The first-order chi connectivity index (χ1) is 9.86. The number of benzene rings is 1. The summed E-state index contributed by atoms with van der Waals surface area (Å²) in [6.07, 6.45) is 3.57. The Morgan fingerprint density at radius 2 is 2.10 bits per heavy atom. The zero-order chi connectivity index (χ0) is 13.8. The van der Waals surface area contributed by atoms with Crippen LogP contribution in [0, 0.1) is 0 Å². The number of nitrogens with zero attached hydrogens (tertiary/aromatic N) is 3. The molecule has 1 unspecified atom stereocenters. The van der Waals surface area contributed by atoms with Crippen LogP contribution in [0.15, 0.2) is 42.7 Å². The van der Waals surface area contributed by atoms with E-state index in [-0.39, 0.29) is 6.04 Å². The molecule has 0 spiro atoms. The molecule has 3 rings (SSSR count). The summed E-state index contributed by atoms with van der Waals surface area (Å²) in [6.45, 7) is 2.74. The van der Waals surface area contributed by atoms with Gasteiger partial charge in [-0.05, 0) is 18.2 Å². The number of ether oxygens (including phenoxy) is 1. The van der Waals surface area contributed by atoms with E-state index in [0.717, 1.165) is 31.2 Å². The molecule has 1 aliphatic heterocycles. The molecular formula is C15H18N4O. The van der Waals surface area contributed by atoms with Crippen LogP contribution in [0.5, 0.6) is 5.75 Å². The molecular weight excluding hydrogens is 252 g/mol. The van der Waals surface area contributed by atoms with Gasteiger partial charge in [-0.1, -0.05) is 6.07 Å². The summed E-state index contributed by atoms with van der Waals surface area (Å²) in [5, 5.41) is 3.47. The van der Waals surface area contributed by atoms with Crippen LogP contribution in [0.3, 0.4) is 0 Å².